The van der Waals surface area contributed by atoms with Gasteiger partial charge in [-0.2, -0.15) is 0 Å². The number of hydrogen-bond acceptors (Lipinski definition) is 2. The Kier molecular flexibility index (Phi) is 6.09. The standard InChI is InChI=1S/C20H19FN2O2S/c21-19-9-8-15(13-20(19)23-26(24)25)11-18(17-6-2-1-3-7-17)12-16-5-4-10-22-14-16/h1-10,13-14,18,23H,11-12H2,(H,24,25). The minimum atomic E-state index is -2.31. The number of rotatable bonds is 7. The van der Waals surface area contributed by atoms with Crippen molar-refractivity contribution in [3.63, 3.8) is 0 Å². The maximum Gasteiger partial charge on any atom is 0.259 e. The fraction of sp³-hybridized carbons (Fsp3) is 0.150. The monoisotopic (exact) mass is 370 g/mol. The molecule has 2 unspecified atom stereocenters. The van der Waals surface area contributed by atoms with Crippen molar-refractivity contribution in [3.05, 3.63) is 95.6 Å². The Hall–Kier alpha value is -2.57. The van der Waals surface area contributed by atoms with Crippen LogP contribution in [-0.2, 0) is 24.1 Å². The first-order valence-electron chi connectivity index (χ1n) is 8.21. The highest BCUT2D eigenvalue weighted by Crippen LogP contribution is 2.27. The van der Waals surface area contributed by atoms with Crippen molar-refractivity contribution in [2.75, 3.05) is 4.72 Å². The van der Waals surface area contributed by atoms with Gasteiger partial charge in [0.05, 0.1) is 5.69 Å². The minimum absolute atomic E-state index is 0.0246. The Morgan fingerprint density at radius 1 is 1.04 bits per heavy atom. The van der Waals surface area contributed by atoms with E-state index >= 15 is 0 Å². The second-order valence-electron chi connectivity index (χ2n) is 6.04. The van der Waals surface area contributed by atoms with E-state index in [2.05, 4.69) is 21.8 Å². The van der Waals surface area contributed by atoms with Gasteiger partial charge in [0.15, 0.2) is 0 Å². The van der Waals surface area contributed by atoms with Crippen LogP contribution in [0.15, 0.2) is 73.1 Å². The lowest BCUT2D eigenvalue weighted by molar-refractivity contribution is 0.568. The third-order valence-electron chi connectivity index (χ3n) is 4.19. The molecule has 0 aliphatic heterocycles. The molecule has 2 atom stereocenters. The zero-order chi connectivity index (χ0) is 18.4. The van der Waals surface area contributed by atoms with Gasteiger partial charge in [-0.1, -0.05) is 42.5 Å². The molecule has 0 saturated carbocycles. The predicted molar refractivity (Wildman–Crippen MR) is 102 cm³/mol. The van der Waals surface area contributed by atoms with Crippen LogP contribution in [0.2, 0.25) is 0 Å². The van der Waals surface area contributed by atoms with Gasteiger partial charge in [0.2, 0.25) is 0 Å². The summed E-state index contributed by atoms with van der Waals surface area (Å²) >= 11 is -2.31. The topological polar surface area (TPSA) is 62.2 Å². The highest BCUT2D eigenvalue weighted by molar-refractivity contribution is 7.80. The Balaban J connectivity index is 1.87. The highest BCUT2D eigenvalue weighted by atomic mass is 32.2. The van der Waals surface area contributed by atoms with Gasteiger partial charge in [-0.15, -0.1) is 0 Å². The summed E-state index contributed by atoms with van der Waals surface area (Å²) in [7, 11) is 0. The molecule has 6 heteroatoms. The van der Waals surface area contributed by atoms with Crippen LogP contribution in [0, 0.1) is 5.82 Å². The van der Waals surface area contributed by atoms with Crippen molar-refractivity contribution in [1.29, 1.82) is 0 Å². The first-order chi connectivity index (χ1) is 12.6. The second kappa shape index (κ2) is 8.69. The fourth-order valence-corrected chi connectivity index (χ4v) is 3.34. The Morgan fingerprint density at radius 2 is 1.81 bits per heavy atom. The molecule has 0 bridgehead atoms. The average molecular weight is 370 g/mol. The lowest BCUT2D eigenvalue weighted by atomic mass is 9.87. The molecule has 0 aliphatic carbocycles. The van der Waals surface area contributed by atoms with Crippen LogP contribution < -0.4 is 4.72 Å². The molecule has 0 amide bonds. The molecule has 3 rings (SSSR count). The summed E-state index contributed by atoms with van der Waals surface area (Å²) < 4.78 is 35.9. The number of pyridine rings is 1. The molecule has 3 aromatic rings. The van der Waals surface area contributed by atoms with Crippen LogP contribution in [0.3, 0.4) is 0 Å². The Morgan fingerprint density at radius 3 is 2.50 bits per heavy atom. The van der Waals surface area contributed by atoms with E-state index in [4.69, 9.17) is 4.55 Å². The molecule has 134 valence electrons. The van der Waals surface area contributed by atoms with Gasteiger partial charge in [-0.25, -0.2) is 8.60 Å². The Labute approximate surface area is 154 Å². The third kappa shape index (κ3) is 4.97. The van der Waals surface area contributed by atoms with Crippen LogP contribution >= 0.6 is 0 Å². The summed E-state index contributed by atoms with van der Waals surface area (Å²) in [6.45, 7) is 0. The average Bonchev–Trinajstić information content (AvgIpc) is 2.65. The molecule has 2 N–H and O–H groups in total. The summed E-state index contributed by atoms with van der Waals surface area (Å²) in [5, 5.41) is 0. The molecule has 0 radical (unpaired) electrons. The first-order valence-corrected chi connectivity index (χ1v) is 9.32. The fourth-order valence-electron chi connectivity index (χ4n) is 2.99. The van der Waals surface area contributed by atoms with Gasteiger partial charge in [0.25, 0.3) is 11.3 Å². The second-order valence-corrected chi connectivity index (χ2v) is 6.74. The van der Waals surface area contributed by atoms with Crippen LogP contribution in [0.4, 0.5) is 10.1 Å². The predicted octanol–water partition coefficient (Wildman–Crippen LogP) is 4.34. The molecule has 1 heterocycles. The van der Waals surface area contributed by atoms with Crippen molar-refractivity contribution >= 4 is 17.0 Å². The van der Waals surface area contributed by atoms with Crippen molar-refractivity contribution in [1.82, 2.24) is 4.98 Å². The number of nitrogens with one attached hydrogen (secondary N) is 1. The highest BCUT2D eigenvalue weighted by Gasteiger charge is 2.15. The summed E-state index contributed by atoms with van der Waals surface area (Å²) in [5.74, 6) is -0.377. The lowest BCUT2D eigenvalue weighted by Gasteiger charge is -2.18. The zero-order valence-corrected chi connectivity index (χ0v) is 14.8. The van der Waals surface area contributed by atoms with Crippen molar-refractivity contribution < 1.29 is 13.2 Å². The summed E-state index contributed by atoms with van der Waals surface area (Å²) in [6.07, 6.45) is 5.06. The maximum absolute atomic E-state index is 13.8. The number of halogens is 1. The molecule has 0 fully saturated rings. The largest absolute Gasteiger partial charge is 0.289 e. The van der Waals surface area contributed by atoms with E-state index in [9.17, 15) is 8.60 Å². The maximum atomic E-state index is 13.8. The Bertz CT molecular complexity index is 875. The molecule has 0 aliphatic rings. The quantitative estimate of drug-likeness (QED) is 0.608. The van der Waals surface area contributed by atoms with Gasteiger partial charge in [0, 0.05) is 12.4 Å². The molecule has 4 nitrogen and oxygen atoms in total. The molecule has 0 saturated heterocycles. The van der Waals surface area contributed by atoms with Gasteiger partial charge in [-0.05, 0) is 53.6 Å². The minimum Gasteiger partial charge on any atom is -0.289 e. The number of anilines is 1. The van der Waals surface area contributed by atoms with E-state index in [-0.39, 0.29) is 11.6 Å². The van der Waals surface area contributed by atoms with Crippen LogP contribution in [0.5, 0.6) is 0 Å². The summed E-state index contributed by atoms with van der Waals surface area (Å²) in [4.78, 5) is 4.18. The first kappa shape index (κ1) is 18.2. The normalized spacial score (nSPS) is 13.2. The SMILES string of the molecule is O=S(O)Nc1cc(CC(Cc2cccnc2)c2ccccc2)ccc1F. The summed E-state index contributed by atoms with van der Waals surface area (Å²) in [5.41, 5.74) is 3.22. The van der Waals surface area contributed by atoms with E-state index < -0.39 is 17.1 Å². The van der Waals surface area contributed by atoms with Gasteiger partial charge in [-0.3, -0.25) is 14.3 Å². The van der Waals surface area contributed by atoms with Crippen molar-refractivity contribution in [2.24, 2.45) is 0 Å². The van der Waals surface area contributed by atoms with Gasteiger partial charge >= 0.3 is 0 Å². The molecule has 26 heavy (non-hydrogen) atoms. The molecular formula is C20H19FN2O2S. The molecule has 1 aromatic heterocycles. The van der Waals surface area contributed by atoms with Crippen molar-refractivity contribution in [3.8, 4) is 0 Å². The van der Waals surface area contributed by atoms with Crippen molar-refractivity contribution in [2.45, 2.75) is 18.8 Å². The van der Waals surface area contributed by atoms with E-state index in [1.165, 1.54) is 11.6 Å². The van der Waals surface area contributed by atoms with Crippen LogP contribution in [0.25, 0.3) is 0 Å². The van der Waals surface area contributed by atoms with Crippen LogP contribution in [-0.4, -0.2) is 13.7 Å². The number of aromatic nitrogens is 1. The third-order valence-corrected chi connectivity index (χ3v) is 4.58. The van der Waals surface area contributed by atoms with Gasteiger partial charge in [0.1, 0.15) is 5.82 Å². The molecular weight excluding hydrogens is 351 g/mol. The lowest BCUT2D eigenvalue weighted by Crippen LogP contribution is -2.09. The molecule has 0 spiro atoms. The van der Waals surface area contributed by atoms with E-state index in [0.717, 1.165) is 17.5 Å². The zero-order valence-electron chi connectivity index (χ0n) is 14.0. The van der Waals surface area contributed by atoms with E-state index in [0.29, 0.717) is 6.42 Å². The number of hydrogen-bond donors (Lipinski definition) is 2. The molecule has 2 aromatic carbocycles. The summed E-state index contributed by atoms with van der Waals surface area (Å²) in [6, 6.07) is 18.7. The van der Waals surface area contributed by atoms with E-state index in [1.54, 1.807) is 18.3 Å². The number of benzene rings is 2. The van der Waals surface area contributed by atoms with Crippen LogP contribution in [0.1, 0.15) is 22.6 Å². The number of nitrogens with zero attached hydrogens (tertiary/aromatic N) is 1. The van der Waals surface area contributed by atoms with Gasteiger partial charge < -0.3 is 0 Å². The smallest absolute Gasteiger partial charge is 0.259 e. The van der Waals surface area contributed by atoms with E-state index in [1.807, 2.05) is 36.5 Å².